The summed E-state index contributed by atoms with van der Waals surface area (Å²) < 4.78 is 0. The molecule has 0 aromatic heterocycles. The molecule has 0 heterocycles. The molecule has 106 valence electrons. The van der Waals surface area contributed by atoms with Gasteiger partial charge in [-0.3, -0.25) is 4.99 Å². The van der Waals surface area contributed by atoms with E-state index in [0.717, 1.165) is 11.3 Å². The lowest BCUT2D eigenvalue weighted by atomic mass is 9.85. The number of phenolic OH excluding ortho intramolecular Hbond substituents is 1. The standard InChI is InChI=1S/C18H23NO/c1-18(2,3)19-17(14-6-4-5-7-16(14)20)15-11-12-8-9-13(15)10-12/h4-9,12-13,15,20H,10-11H2,1-3H3. The zero-order valence-corrected chi connectivity index (χ0v) is 12.5. The molecule has 0 amide bonds. The molecule has 3 unspecified atom stereocenters. The first-order valence-electron chi connectivity index (χ1n) is 7.50. The van der Waals surface area contributed by atoms with Crippen LogP contribution >= 0.6 is 0 Å². The molecule has 1 saturated carbocycles. The number of hydrogen-bond donors (Lipinski definition) is 1. The molecule has 1 N–H and O–H groups in total. The van der Waals surface area contributed by atoms with E-state index < -0.39 is 0 Å². The highest BCUT2D eigenvalue weighted by Gasteiger charge is 2.39. The van der Waals surface area contributed by atoms with E-state index in [1.54, 1.807) is 6.07 Å². The lowest BCUT2D eigenvalue weighted by molar-refractivity contribution is 0.471. The molecule has 2 heteroatoms. The molecule has 2 nitrogen and oxygen atoms in total. The zero-order chi connectivity index (χ0) is 14.3. The minimum Gasteiger partial charge on any atom is -0.507 e. The Morgan fingerprint density at radius 2 is 1.90 bits per heavy atom. The van der Waals surface area contributed by atoms with Crippen LogP contribution in [0.1, 0.15) is 39.2 Å². The maximum absolute atomic E-state index is 10.2. The minimum atomic E-state index is -0.122. The lowest BCUT2D eigenvalue weighted by Crippen LogP contribution is -2.25. The Morgan fingerprint density at radius 3 is 2.45 bits per heavy atom. The van der Waals surface area contributed by atoms with E-state index in [2.05, 4.69) is 32.9 Å². The molecule has 2 aliphatic carbocycles. The van der Waals surface area contributed by atoms with Crippen LogP contribution in [0.2, 0.25) is 0 Å². The van der Waals surface area contributed by atoms with Crippen LogP contribution in [0.15, 0.2) is 41.4 Å². The summed E-state index contributed by atoms with van der Waals surface area (Å²) in [6, 6.07) is 7.61. The van der Waals surface area contributed by atoms with Gasteiger partial charge in [-0.05, 0) is 57.6 Å². The average molecular weight is 269 g/mol. The second-order valence-electron chi connectivity index (χ2n) is 7.07. The van der Waals surface area contributed by atoms with Gasteiger partial charge in [0.25, 0.3) is 0 Å². The fourth-order valence-electron chi connectivity index (χ4n) is 3.49. The van der Waals surface area contributed by atoms with E-state index in [1.165, 1.54) is 12.8 Å². The maximum Gasteiger partial charge on any atom is 0.124 e. The van der Waals surface area contributed by atoms with Gasteiger partial charge in [-0.1, -0.05) is 24.3 Å². The fourth-order valence-corrected chi connectivity index (χ4v) is 3.49. The molecule has 0 spiro atoms. The number of fused-ring (bicyclic) bond motifs is 2. The third-order valence-corrected chi connectivity index (χ3v) is 4.27. The van der Waals surface area contributed by atoms with Crippen LogP contribution in [0.4, 0.5) is 0 Å². The predicted molar refractivity (Wildman–Crippen MR) is 83.2 cm³/mol. The van der Waals surface area contributed by atoms with Crippen LogP contribution in [-0.2, 0) is 0 Å². The van der Waals surface area contributed by atoms with Crippen molar-refractivity contribution in [2.45, 2.75) is 39.2 Å². The number of nitrogens with zero attached hydrogens (tertiary/aromatic N) is 1. The summed E-state index contributed by atoms with van der Waals surface area (Å²) in [6.45, 7) is 6.36. The van der Waals surface area contributed by atoms with E-state index in [1.807, 2.05) is 18.2 Å². The van der Waals surface area contributed by atoms with Gasteiger partial charge in [0.05, 0.1) is 11.3 Å². The molecule has 2 bridgehead atoms. The molecule has 3 atom stereocenters. The van der Waals surface area contributed by atoms with Crippen molar-refractivity contribution in [3.8, 4) is 5.75 Å². The van der Waals surface area contributed by atoms with Gasteiger partial charge in [0, 0.05) is 11.5 Å². The smallest absolute Gasteiger partial charge is 0.124 e. The van der Waals surface area contributed by atoms with E-state index >= 15 is 0 Å². The summed E-state index contributed by atoms with van der Waals surface area (Å²) >= 11 is 0. The van der Waals surface area contributed by atoms with Crippen LogP contribution in [0.3, 0.4) is 0 Å². The van der Waals surface area contributed by atoms with Gasteiger partial charge in [-0.2, -0.15) is 0 Å². The van der Waals surface area contributed by atoms with Crippen molar-refractivity contribution in [1.82, 2.24) is 0 Å². The summed E-state index contributed by atoms with van der Waals surface area (Å²) in [4.78, 5) is 4.96. The predicted octanol–water partition coefficient (Wildman–Crippen LogP) is 4.19. The normalized spacial score (nSPS) is 29.1. The minimum absolute atomic E-state index is 0.122. The molecule has 0 saturated heterocycles. The van der Waals surface area contributed by atoms with Crippen molar-refractivity contribution in [3.63, 3.8) is 0 Å². The van der Waals surface area contributed by atoms with Crippen molar-refractivity contribution in [2.24, 2.45) is 22.7 Å². The van der Waals surface area contributed by atoms with Crippen LogP contribution in [0, 0.1) is 17.8 Å². The second kappa shape index (κ2) is 4.76. The Hall–Kier alpha value is -1.57. The van der Waals surface area contributed by atoms with Crippen LogP contribution in [0.25, 0.3) is 0 Å². The Kier molecular flexibility index (Phi) is 3.19. The summed E-state index contributed by atoms with van der Waals surface area (Å²) in [5.74, 6) is 2.11. The molecule has 20 heavy (non-hydrogen) atoms. The number of phenols is 1. The quantitative estimate of drug-likeness (QED) is 0.633. The van der Waals surface area contributed by atoms with Crippen molar-refractivity contribution in [3.05, 3.63) is 42.0 Å². The van der Waals surface area contributed by atoms with Crippen molar-refractivity contribution < 1.29 is 5.11 Å². The molecular formula is C18H23NO. The molecule has 0 radical (unpaired) electrons. The summed E-state index contributed by atoms with van der Waals surface area (Å²) in [5.41, 5.74) is 1.88. The second-order valence-corrected chi connectivity index (χ2v) is 7.07. The van der Waals surface area contributed by atoms with Gasteiger partial charge < -0.3 is 5.11 Å². The topological polar surface area (TPSA) is 32.6 Å². The molecule has 1 fully saturated rings. The Morgan fingerprint density at radius 1 is 1.15 bits per heavy atom. The van der Waals surface area contributed by atoms with E-state index in [9.17, 15) is 5.11 Å². The first-order valence-corrected chi connectivity index (χ1v) is 7.50. The van der Waals surface area contributed by atoms with E-state index in [4.69, 9.17) is 4.99 Å². The SMILES string of the molecule is CC(C)(C)N=C(c1ccccc1O)C1CC2C=CC1C2. The summed E-state index contributed by atoms with van der Waals surface area (Å²) in [7, 11) is 0. The largest absolute Gasteiger partial charge is 0.507 e. The molecule has 2 aliphatic rings. The fraction of sp³-hybridized carbons (Fsp3) is 0.500. The number of allylic oxidation sites excluding steroid dienone is 2. The number of benzene rings is 1. The number of aromatic hydroxyl groups is 1. The maximum atomic E-state index is 10.2. The third kappa shape index (κ3) is 2.52. The highest BCUT2D eigenvalue weighted by molar-refractivity contribution is 6.05. The Labute approximate surface area is 121 Å². The Bertz CT molecular complexity index is 565. The van der Waals surface area contributed by atoms with E-state index in [-0.39, 0.29) is 5.54 Å². The van der Waals surface area contributed by atoms with Gasteiger partial charge in [0.15, 0.2) is 0 Å². The molecule has 0 aliphatic heterocycles. The van der Waals surface area contributed by atoms with Gasteiger partial charge in [0.1, 0.15) is 5.75 Å². The Balaban J connectivity index is 2.04. The first kappa shape index (κ1) is 13.4. The third-order valence-electron chi connectivity index (χ3n) is 4.27. The summed E-state index contributed by atoms with van der Waals surface area (Å²) in [5, 5.41) is 10.2. The number of rotatable bonds is 2. The molecule has 1 aromatic rings. The average Bonchev–Trinajstić information content (AvgIpc) is 2.98. The number of para-hydroxylation sites is 1. The van der Waals surface area contributed by atoms with Crippen molar-refractivity contribution in [1.29, 1.82) is 0 Å². The first-order chi connectivity index (χ1) is 9.44. The van der Waals surface area contributed by atoms with Crippen molar-refractivity contribution in [2.75, 3.05) is 0 Å². The molecule has 1 aromatic carbocycles. The van der Waals surface area contributed by atoms with Crippen LogP contribution < -0.4 is 0 Å². The monoisotopic (exact) mass is 269 g/mol. The van der Waals surface area contributed by atoms with E-state index in [0.29, 0.717) is 23.5 Å². The van der Waals surface area contributed by atoms with Crippen LogP contribution in [0.5, 0.6) is 5.75 Å². The summed E-state index contributed by atoms with van der Waals surface area (Å²) in [6.07, 6.45) is 7.11. The zero-order valence-electron chi connectivity index (χ0n) is 12.5. The number of aliphatic imine (C=N–C) groups is 1. The number of hydrogen-bond acceptors (Lipinski definition) is 2. The van der Waals surface area contributed by atoms with Gasteiger partial charge in [-0.15, -0.1) is 0 Å². The van der Waals surface area contributed by atoms with Crippen molar-refractivity contribution >= 4 is 5.71 Å². The van der Waals surface area contributed by atoms with Crippen LogP contribution in [-0.4, -0.2) is 16.4 Å². The molecule has 3 rings (SSSR count). The molecular weight excluding hydrogens is 246 g/mol. The van der Waals surface area contributed by atoms with Gasteiger partial charge in [-0.25, -0.2) is 0 Å². The highest BCUT2D eigenvalue weighted by Crippen LogP contribution is 2.46. The lowest BCUT2D eigenvalue weighted by Gasteiger charge is -2.25. The highest BCUT2D eigenvalue weighted by atomic mass is 16.3. The van der Waals surface area contributed by atoms with Gasteiger partial charge >= 0.3 is 0 Å². The van der Waals surface area contributed by atoms with Gasteiger partial charge in [0.2, 0.25) is 0 Å².